The highest BCUT2D eigenvalue weighted by atomic mass is 79.9. The molecule has 0 aliphatic heterocycles. The quantitative estimate of drug-likeness (QED) is 0.517. The SMILES string of the molecule is O=C(CCCCCBr)C1C=CC=C1. The molecule has 1 aliphatic rings. The summed E-state index contributed by atoms with van der Waals surface area (Å²) in [7, 11) is 0. The first kappa shape index (κ1) is 10.7. The number of hydrogen-bond acceptors (Lipinski definition) is 1. The zero-order chi connectivity index (χ0) is 9.52. The normalized spacial score (nSPS) is 15.5. The molecule has 13 heavy (non-hydrogen) atoms. The lowest BCUT2D eigenvalue weighted by molar-refractivity contribution is -0.120. The molecule has 0 saturated carbocycles. The summed E-state index contributed by atoms with van der Waals surface area (Å²) in [5.74, 6) is 0.434. The van der Waals surface area contributed by atoms with Gasteiger partial charge in [-0.2, -0.15) is 0 Å². The number of hydrogen-bond donors (Lipinski definition) is 0. The van der Waals surface area contributed by atoms with E-state index in [2.05, 4.69) is 15.9 Å². The van der Waals surface area contributed by atoms with Crippen molar-refractivity contribution in [3.05, 3.63) is 24.3 Å². The van der Waals surface area contributed by atoms with E-state index >= 15 is 0 Å². The first-order valence-electron chi connectivity index (χ1n) is 4.78. The Kier molecular flexibility index (Phi) is 5.06. The molecule has 0 saturated heterocycles. The second-order valence-electron chi connectivity index (χ2n) is 3.26. The average Bonchev–Trinajstić information content (AvgIpc) is 2.65. The molecular formula is C11H15BrO. The molecule has 0 atom stereocenters. The number of carbonyl (C=O) groups is 1. The highest BCUT2D eigenvalue weighted by Crippen LogP contribution is 2.14. The average molecular weight is 243 g/mol. The minimum absolute atomic E-state index is 0.0731. The van der Waals surface area contributed by atoms with Gasteiger partial charge in [0, 0.05) is 11.8 Å². The first-order valence-corrected chi connectivity index (χ1v) is 5.90. The van der Waals surface area contributed by atoms with Gasteiger partial charge in [-0.15, -0.1) is 0 Å². The van der Waals surface area contributed by atoms with Crippen molar-refractivity contribution >= 4 is 21.7 Å². The molecule has 0 bridgehead atoms. The van der Waals surface area contributed by atoms with E-state index in [-0.39, 0.29) is 5.92 Å². The van der Waals surface area contributed by atoms with Crippen LogP contribution >= 0.6 is 15.9 Å². The smallest absolute Gasteiger partial charge is 0.143 e. The lowest BCUT2D eigenvalue weighted by atomic mass is 10.0. The molecule has 72 valence electrons. The van der Waals surface area contributed by atoms with Crippen molar-refractivity contribution in [2.75, 3.05) is 5.33 Å². The number of unbranched alkanes of at least 4 members (excludes halogenated alkanes) is 2. The minimum Gasteiger partial charge on any atom is -0.299 e. The highest BCUT2D eigenvalue weighted by molar-refractivity contribution is 9.09. The summed E-state index contributed by atoms with van der Waals surface area (Å²) < 4.78 is 0. The first-order chi connectivity index (χ1) is 6.34. The van der Waals surface area contributed by atoms with Crippen molar-refractivity contribution in [2.45, 2.75) is 25.7 Å². The van der Waals surface area contributed by atoms with Crippen LogP contribution < -0.4 is 0 Å². The Bertz CT molecular complexity index is 206. The van der Waals surface area contributed by atoms with E-state index < -0.39 is 0 Å². The molecule has 1 rings (SSSR count). The Morgan fingerprint density at radius 3 is 2.46 bits per heavy atom. The fourth-order valence-electron chi connectivity index (χ4n) is 1.38. The summed E-state index contributed by atoms with van der Waals surface area (Å²) in [5, 5.41) is 1.05. The van der Waals surface area contributed by atoms with Gasteiger partial charge in [-0.3, -0.25) is 4.79 Å². The van der Waals surface area contributed by atoms with Gasteiger partial charge in [-0.1, -0.05) is 46.7 Å². The Balaban J connectivity index is 2.11. The second-order valence-corrected chi connectivity index (χ2v) is 4.05. The second kappa shape index (κ2) is 6.14. The fourth-order valence-corrected chi connectivity index (χ4v) is 1.78. The molecule has 0 radical (unpaired) electrons. The molecule has 0 amide bonds. The topological polar surface area (TPSA) is 17.1 Å². The maximum absolute atomic E-state index is 11.5. The largest absolute Gasteiger partial charge is 0.299 e. The van der Waals surface area contributed by atoms with Crippen LogP contribution in [-0.2, 0) is 4.79 Å². The van der Waals surface area contributed by atoms with Gasteiger partial charge in [0.25, 0.3) is 0 Å². The third-order valence-corrected chi connectivity index (χ3v) is 2.74. The Labute approximate surface area is 88.0 Å². The van der Waals surface area contributed by atoms with E-state index in [4.69, 9.17) is 0 Å². The molecule has 0 spiro atoms. The third kappa shape index (κ3) is 3.90. The van der Waals surface area contributed by atoms with Gasteiger partial charge in [0.15, 0.2) is 0 Å². The van der Waals surface area contributed by atoms with E-state index in [0.29, 0.717) is 5.78 Å². The van der Waals surface area contributed by atoms with Gasteiger partial charge in [-0.05, 0) is 12.8 Å². The lowest BCUT2D eigenvalue weighted by Gasteiger charge is -2.03. The number of Topliss-reactive ketones (excluding diaryl/α,β-unsaturated/α-hetero) is 1. The molecule has 0 aromatic heterocycles. The number of alkyl halides is 1. The molecule has 0 aromatic rings. The van der Waals surface area contributed by atoms with Crippen LogP contribution in [0.5, 0.6) is 0 Å². The monoisotopic (exact) mass is 242 g/mol. The maximum atomic E-state index is 11.5. The summed E-state index contributed by atoms with van der Waals surface area (Å²) in [6.07, 6.45) is 11.9. The summed E-state index contributed by atoms with van der Waals surface area (Å²) in [5.41, 5.74) is 0. The molecular weight excluding hydrogens is 228 g/mol. The van der Waals surface area contributed by atoms with E-state index in [1.165, 1.54) is 6.42 Å². The van der Waals surface area contributed by atoms with Gasteiger partial charge < -0.3 is 0 Å². The van der Waals surface area contributed by atoms with Crippen LogP contribution in [0.3, 0.4) is 0 Å². The van der Waals surface area contributed by atoms with Gasteiger partial charge in [-0.25, -0.2) is 0 Å². The van der Waals surface area contributed by atoms with Crippen molar-refractivity contribution in [1.29, 1.82) is 0 Å². The summed E-state index contributed by atoms with van der Waals surface area (Å²) in [6, 6.07) is 0. The zero-order valence-corrected chi connectivity index (χ0v) is 9.29. The van der Waals surface area contributed by atoms with Crippen LogP contribution in [0.4, 0.5) is 0 Å². The van der Waals surface area contributed by atoms with Crippen molar-refractivity contribution in [2.24, 2.45) is 5.92 Å². The van der Waals surface area contributed by atoms with Crippen LogP contribution in [0, 0.1) is 5.92 Å². The lowest BCUT2D eigenvalue weighted by Crippen LogP contribution is -2.07. The molecule has 0 heterocycles. The van der Waals surface area contributed by atoms with Crippen LogP contribution in [-0.4, -0.2) is 11.1 Å². The van der Waals surface area contributed by atoms with Gasteiger partial charge >= 0.3 is 0 Å². The highest BCUT2D eigenvalue weighted by Gasteiger charge is 2.12. The van der Waals surface area contributed by atoms with Crippen molar-refractivity contribution in [1.82, 2.24) is 0 Å². The fraction of sp³-hybridized carbons (Fsp3) is 0.545. The Hall–Kier alpha value is -0.370. The zero-order valence-electron chi connectivity index (χ0n) is 7.71. The molecule has 0 fully saturated rings. The number of halogens is 1. The molecule has 0 aromatic carbocycles. The maximum Gasteiger partial charge on any atom is 0.143 e. The van der Waals surface area contributed by atoms with Crippen LogP contribution in [0.25, 0.3) is 0 Å². The summed E-state index contributed by atoms with van der Waals surface area (Å²) in [4.78, 5) is 11.5. The Morgan fingerprint density at radius 1 is 1.15 bits per heavy atom. The van der Waals surface area contributed by atoms with E-state index in [1.54, 1.807) is 0 Å². The van der Waals surface area contributed by atoms with Crippen molar-refractivity contribution in [3.8, 4) is 0 Å². The van der Waals surface area contributed by atoms with E-state index in [1.807, 2.05) is 24.3 Å². The van der Waals surface area contributed by atoms with Crippen molar-refractivity contribution < 1.29 is 4.79 Å². The van der Waals surface area contributed by atoms with Crippen molar-refractivity contribution in [3.63, 3.8) is 0 Å². The molecule has 0 unspecified atom stereocenters. The Morgan fingerprint density at radius 2 is 1.85 bits per heavy atom. The van der Waals surface area contributed by atoms with E-state index in [9.17, 15) is 4.79 Å². The summed E-state index contributed by atoms with van der Waals surface area (Å²) in [6.45, 7) is 0. The van der Waals surface area contributed by atoms with Crippen LogP contribution in [0.1, 0.15) is 25.7 Å². The molecule has 0 N–H and O–H groups in total. The molecule has 1 aliphatic carbocycles. The van der Waals surface area contributed by atoms with Crippen LogP contribution in [0.15, 0.2) is 24.3 Å². The molecule has 1 nitrogen and oxygen atoms in total. The van der Waals surface area contributed by atoms with Gasteiger partial charge in [0.2, 0.25) is 0 Å². The molecule has 2 heteroatoms. The number of rotatable bonds is 6. The van der Waals surface area contributed by atoms with Crippen LogP contribution in [0.2, 0.25) is 0 Å². The number of carbonyl (C=O) groups excluding carboxylic acids is 1. The standard InChI is InChI=1S/C11H15BrO/c12-9-5-1-2-8-11(13)10-6-3-4-7-10/h3-4,6-7,10H,1-2,5,8-9H2. The van der Waals surface area contributed by atoms with Gasteiger partial charge in [0.05, 0.1) is 5.92 Å². The van der Waals surface area contributed by atoms with E-state index in [0.717, 1.165) is 24.6 Å². The predicted octanol–water partition coefficient (Wildman–Crippen LogP) is 3.25. The predicted molar refractivity (Wildman–Crippen MR) is 59.0 cm³/mol. The summed E-state index contributed by atoms with van der Waals surface area (Å²) >= 11 is 3.38. The minimum atomic E-state index is 0.0731. The number of allylic oxidation sites excluding steroid dienone is 4. The third-order valence-electron chi connectivity index (χ3n) is 2.18. The number of ketones is 1. The van der Waals surface area contributed by atoms with Gasteiger partial charge in [0.1, 0.15) is 5.78 Å².